The highest BCUT2D eigenvalue weighted by molar-refractivity contribution is 7.47. The van der Waals surface area contributed by atoms with Gasteiger partial charge in [0.25, 0.3) is 0 Å². The number of ether oxygens (including phenoxy) is 2. The maximum atomic E-state index is 12.6. The minimum absolute atomic E-state index is 0.0134. The van der Waals surface area contributed by atoms with E-state index in [-0.39, 0.29) is 12.8 Å². The minimum Gasteiger partial charge on any atom is -0.462 e. The molecule has 344 valence electrons. The van der Waals surface area contributed by atoms with Gasteiger partial charge in [0, 0.05) is 12.8 Å². The third kappa shape index (κ3) is 41.0. The number of esters is 2. The Kier molecular flexibility index (Phi) is 39.8. The molecular formula is C47H85O11P. The Morgan fingerprint density at radius 2 is 1.19 bits per heavy atom. The molecule has 0 amide bonds. The molecule has 0 radical (unpaired) electrons. The number of phosphoric acid groups is 1. The molecule has 4 N–H and O–H groups in total. The monoisotopic (exact) mass is 857 g/mol. The first-order valence-electron chi connectivity index (χ1n) is 23.1. The smallest absolute Gasteiger partial charge is 0.462 e. The van der Waals surface area contributed by atoms with Gasteiger partial charge in [0.2, 0.25) is 0 Å². The van der Waals surface area contributed by atoms with Crippen LogP contribution in [0.5, 0.6) is 0 Å². The maximum absolute atomic E-state index is 12.6. The molecule has 0 aromatic carbocycles. The summed E-state index contributed by atoms with van der Waals surface area (Å²) in [6, 6.07) is 0. The van der Waals surface area contributed by atoms with Crippen molar-refractivity contribution in [1.29, 1.82) is 0 Å². The van der Waals surface area contributed by atoms with E-state index in [0.717, 1.165) is 44.4 Å². The zero-order valence-electron chi connectivity index (χ0n) is 37.2. The van der Waals surface area contributed by atoms with E-state index in [1.807, 2.05) is 12.2 Å². The number of hydrogen-bond acceptors (Lipinski definition) is 10. The third-order valence-corrected chi connectivity index (χ3v) is 11.1. The van der Waals surface area contributed by atoms with Crippen LogP contribution in [0, 0.1) is 5.92 Å². The fourth-order valence-electron chi connectivity index (χ4n) is 6.13. The second-order valence-electron chi connectivity index (χ2n) is 15.9. The summed E-state index contributed by atoms with van der Waals surface area (Å²) < 4.78 is 32.6. The minimum atomic E-state index is -4.66. The molecule has 0 aliphatic rings. The lowest BCUT2D eigenvalue weighted by atomic mass is 9.99. The van der Waals surface area contributed by atoms with E-state index in [9.17, 15) is 29.3 Å². The van der Waals surface area contributed by atoms with Crippen molar-refractivity contribution in [2.24, 2.45) is 5.92 Å². The van der Waals surface area contributed by atoms with Gasteiger partial charge in [0.15, 0.2) is 6.10 Å². The van der Waals surface area contributed by atoms with Crippen molar-refractivity contribution in [1.82, 2.24) is 0 Å². The molecule has 12 heteroatoms. The predicted molar refractivity (Wildman–Crippen MR) is 239 cm³/mol. The zero-order chi connectivity index (χ0) is 43.7. The van der Waals surface area contributed by atoms with E-state index in [4.69, 9.17) is 19.1 Å². The highest BCUT2D eigenvalue weighted by Crippen LogP contribution is 2.43. The Morgan fingerprint density at radius 3 is 1.80 bits per heavy atom. The first-order valence-corrected chi connectivity index (χ1v) is 24.6. The van der Waals surface area contributed by atoms with Gasteiger partial charge in [-0.2, -0.15) is 0 Å². The van der Waals surface area contributed by atoms with Crippen LogP contribution in [0.25, 0.3) is 0 Å². The Morgan fingerprint density at radius 1 is 0.627 bits per heavy atom. The Labute approximate surface area is 358 Å². The van der Waals surface area contributed by atoms with Crippen LogP contribution in [0.4, 0.5) is 0 Å². The van der Waals surface area contributed by atoms with E-state index in [1.54, 1.807) is 12.2 Å². The first-order chi connectivity index (χ1) is 28.5. The summed E-state index contributed by atoms with van der Waals surface area (Å²) in [6.07, 6.45) is 39.6. The van der Waals surface area contributed by atoms with Crippen molar-refractivity contribution in [3.8, 4) is 0 Å². The number of aliphatic hydroxyl groups excluding tert-OH is 3. The SMILES string of the molecule is CCCCC/C=C\C/C=C\C/C=C\C=C\[C@@H](O)CCCC(=O)OC[C@H](COP(=O)(O)OC[C@@H](O)CO)OC(=O)CCCCCCCCCCCCCCCCC(C)CC. The van der Waals surface area contributed by atoms with Crippen LogP contribution in [-0.4, -0.2) is 76.9 Å². The Bertz CT molecular complexity index is 1150. The number of unbranched alkanes of at least 4 members (excludes halogenated alkanes) is 16. The molecule has 0 aromatic heterocycles. The number of carbonyl (C=O) groups is 2. The molecule has 59 heavy (non-hydrogen) atoms. The summed E-state index contributed by atoms with van der Waals surface area (Å²) in [4.78, 5) is 35.1. The van der Waals surface area contributed by atoms with Crippen LogP contribution in [0.15, 0.2) is 48.6 Å². The number of allylic oxidation sites excluding steroid dienone is 7. The average molecular weight is 857 g/mol. The third-order valence-electron chi connectivity index (χ3n) is 10.1. The molecule has 0 rings (SSSR count). The summed E-state index contributed by atoms with van der Waals surface area (Å²) in [5.41, 5.74) is 0. The molecule has 0 aliphatic heterocycles. The molecule has 0 aromatic rings. The van der Waals surface area contributed by atoms with E-state index >= 15 is 0 Å². The molecule has 0 saturated carbocycles. The van der Waals surface area contributed by atoms with Gasteiger partial charge in [-0.1, -0.05) is 179 Å². The van der Waals surface area contributed by atoms with Gasteiger partial charge in [-0.15, -0.1) is 0 Å². The fraction of sp³-hybridized carbons (Fsp3) is 0.787. The molecule has 0 fully saturated rings. The lowest BCUT2D eigenvalue weighted by molar-refractivity contribution is -0.161. The standard InChI is InChI=1S/C47H85O11P/c1-4-6-7-8-9-10-11-14-18-21-24-27-30-34-43(49)35-32-37-46(51)55-40-45(41-57-59(53,54)56-39-44(50)38-48)58-47(52)36-31-28-25-22-19-16-13-12-15-17-20-23-26-29-33-42(3)5-2/h9-10,14,18,24,27,30,34,42-45,48-50H,4-8,11-13,15-17,19-23,25-26,28-29,31-33,35-41H2,1-3H3,(H,53,54)/b10-9-,18-14-,27-24-,34-30+/t42?,43-,44+,45-/m1/s1. The van der Waals surface area contributed by atoms with Gasteiger partial charge in [0.1, 0.15) is 12.7 Å². The van der Waals surface area contributed by atoms with Gasteiger partial charge in [-0.25, -0.2) is 4.57 Å². The van der Waals surface area contributed by atoms with Gasteiger partial charge in [0.05, 0.1) is 25.9 Å². The molecule has 0 aliphatic carbocycles. The molecule has 0 spiro atoms. The van der Waals surface area contributed by atoms with E-state index in [0.29, 0.717) is 19.3 Å². The van der Waals surface area contributed by atoms with E-state index in [2.05, 4.69) is 49.6 Å². The molecule has 5 atom stereocenters. The summed E-state index contributed by atoms with van der Waals surface area (Å²) >= 11 is 0. The molecule has 0 saturated heterocycles. The van der Waals surface area contributed by atoms with Gasteiger partial charge in [-0.3, -0.25) is 18.6 Å². The lowest BCUT2D eigenvalue weighted by Crippen LogP contribution is -2.30. The largest absolute Gasteiger partial charge is 0.472 e. The van der Waals surface area contributed by atoms with Gasteiger partial charge in [-0.05, 0) is 50.9 Å². The zero-order valence-corrected chi connectivity index (χ0v) is 38.1. The Hall–Kier alpha value is -2.11. The van der Waals surface area contributed by atoms with Crippen LogP contribution in [0.2, 0.25) is 0 Å². The van der Waals surface area contributed by atoms with Crippen LogP contribution in [-0.2, 0) is 32.7 Å². The normalized spacial score (nSPS) is 15.3. The van der Waals surface area contributed by atoms with Crippen LogP contribution < -0.4 is 0 Å². The average Bonchev–Trinajstić information content (AvgIpc) is 3.22. The molecule has 11 nitrogen and oxygen atoms in total. The summed E-state index contributed by atoms with van der Waals surface area (Å²) in [5, 5.41) is 28.6. The fourth-order valence-corrected chi connectivity index (χ4v) is 6.92. The summed E-state index contributed by atoms with van der Waals surface area (Å²) in [7, 11) is -4.66. The lowest BCUT2D eigenvalue weighted by Gasteiger charge is -2.20. The van der Waals surface area contributed by atoms with Crippen LogP contribution in [0.1, 0.15) is 188 Å². The number of carbonyl (C=O) groups excluding carboxylic acids is 2. The van der Waals surface area contributed by atoms with E-state index in [1.165, 1.54) is 96.3 Å². The van der Waals surface area contributed by atoms with Crippen molar-refractivity contribution in [2.45, 2.75) is 206 Å². The Balaban J connectivity index is 4.43. The number of aliphatic hydroxyl groups is 3. The highest BCUT2D eigenvalue weighted by atomic mass is 31.2. The predicted octanol–water partition coefficient (Wildman–Crippen LogP) is 11.3. The summed E-state index contributed by atoms with van der Waals surface area (Å²) in [6.45, 7) is 4.51. The number of rotatable bonds is 42. The quantitative estimate of drug-likeness (QED) is 0.0151. The topological polar surface area (TPSA) is 169 Å². The van der Waals surface area contributed by atoms with Gasteiger partial charge < -0.3 is 29.7 Å². The van der Waals surface area contributed by atoms with Gasteiger partial charge >= 0.3 is 19.8 Å². The first kappa shape index (κ1) is 56.9. The van der Waals surface area contributed by atoms with Crippen LogP contribution >= 0.6 is 7.82 Å². The number of hydrogen-bond donors (Lipinski definition) is 4. The van der Waals surface area contributed by atoms with Crippen molar-refractivity contribution < 1.29 is 52.9 Å². The van der Waals surface area contributed by atoms with E-state index < -0.39 is 64.5 Å². The molecule has 0 heterocycles. The van der Waals surface area contributed by atoms with Crippen LogP contribution in [0.3, 0.4) is 0 Å². The van der Waals surface area contributed by atoms with Crippen molar-refractivity contribution >= 4 is 19.8 Å². The van der Waals surface area contributed by atoms with Crippen molar-refractivity contribution in [3.05, 3.63) is 48.6 Å². The maximum Gasteiger partial charge on any atom is 0.472 e. The van der Waals surface area contributed by atoms with Crippen molar-refractivity contribution in [3.63, 3.8) is 0 Å². The summed E-state index contributed by atoms with van der Waals surface area (Å²) in [5.74, 6) is -0.260. The second kappa shape index (κ2) is 41.3. The molecule has 0 bridgehead atoms. The molecular weight excluding hydrogens is 771 g/mol. The number of phosphoric ester groups is 1. The highest BCUT2D eigenvalue weighted by Gasteiger charge is 2.27. The second-order valence-corrected chi connectivity index (χ2v) is 17.3. The van der Waals surface area contributed by atoms with Crippen molar-refractivity contribution in [2.75, 3.05) is 26.4 Å². The molecule has 2 unspecified atom stereocenters.